The van der Waals surface area contributed by atoms with E-state index in [1.54, 1.807) is 24.0 Å². The van der Waals surface area contributed by atoms with Crippen LogP contribution in [0.5, 0.6) is 0 Å². The van der Waals surface area contributed by atoms with Crippen molar-refractivity contribution in [3.05, 3.63) is 12.3 Å². The van der Waals surface area contributed by atoms with Crippen molar-refractivity contribution in [2.75, 3.05) is 18.5 Å². The number of nitrogens with zero attached hydrogens (tertiary/aromatic N) is 2. The van der Waals surface area contributed by atoms with Crippen LogP contribution in [0.25, 0.3) is 0 Å². The molecule has 0 aliphatic carbocycles. The predicted octanol–water partition coefficient (Wildman–Crippen LogP) is -0.668. The van der Waals surface area contributed by atoms with Crippen LogP contribution in [-0.2, 0) is 16.6 Å². The van der Waals surface area contributed by atoms with Crippen LogP contribution in [0.1, 0.15) is 0 Å². The van der Waals surface area contributed by atoms with Gasteiger partial charge >= 0.3 is 0 Å². The second kappa shape index (κ2) is 4.00. The summed E-state index contributed by atoms with van der Waals surface area (Å²) in [6, 6.07) is 1.52. The third-order valence-electron chi connectivity index (χ3n) is 2.43. The van der Waals surface area contributed by atoms with Crippen molar-refractivity contribution < 1.29 is 9.53 Å². The lowest BCUT2D eigenvalue weighted by Gasteiger charge is -2.11. The summed E-state index contributed by atoms with van der Waals surface area (Å²) in [5.41, 5.74) is 5.73. The number of carbonyl (C=O) groups excluding carboxylic acids is 1. The Hall–Kier alpha value is -1.40. The smallest absolute Gasteiger partial charge is 0.232 e. The SMILES string of the molecule is Cn1ccc(NC(=O)C2COCC2N)n1. The molecule has 2 atom stereocenters. The van der Waals surface area contributed by atoms with Crippen LogP contribution in [0, 0.1) is 5.92 Å². The van der Waals surface area contributed by atoms with E-state index in [0.29, 0.717) is 19.0 Å². The van der Waals surface area contributed by atoms with Gasteiger partial charge in [0.15, 0.2) is 5.82 Å². The summed E-state index contributed by atoms with van der Waals surface area (Å²) in [6.45, 7) is 0.833. The van der Waals surface area contributed by atoms with Crippen LogP contribution in [-0.4, -0.2) is 34.9 Å². The number of hydrogen-bond acceptors (Lipinski definition) is 4. The van der Waals surface area contributed by atoms with E-state index in [1.165, 1.54) is 0 Å². The van der Waals surface area contributed by atoms with Gasteiger partial charge in [-0.1, -0.05) is 0 Å². The molecule has 82 valence electrons. The summed E-state index contributed by atoms with van der Waals surface area (Å²) < 4.78 is 6.75. The maximum absolute atomic E-state index is 11.7. The molecule has 6 nitrogen and oxygen atoms in total. The zero-order valence-electron chi connectivity index (χ0n) is 8.51. The zero-order valence-corrected chi connectivity index (χ0v) is 8.51. The molecular weight excluding hydrogens is 196 g/mol. The molecular formula is C9H14N4O2. The largest absolute Gasteiger partial charge is 0.379 e. The summed E-state index contributed by atoms with van der Waals surface area (Å²) in [5.74, 6) is 0.146. The lowest BCUT2D eigenvalue weighted by atomic mass is 10.0. The highest BCUT2D eigenvalue weighted by atomic mass is 16.5. The number of aromatic nitrogens is 2. The second-order valence-electron chi connectivity index (χ2n) is 3.67. The third-order valence-corrected chi connectivity index (χ3v) is 2.43. The van der Waals surface area contributed by atoms with Gasteiger partial charge in [0.1, 0.15) is 0 Å². The normalized spacial score (nSPS) is 25.5. The fraction of sp³-hybridized carbons (Fsp3) is 0.556. The van der Waals surface area contributed by atoms with E-state index >= 15 is 0 Å². The van der Waals surface area contributed by atoms with E-state index in [2.05, 4.69) is 10.4 Å². The van der Waals surface area contributed by atoms with Crippen molar-refractivity contribution in [2.24, 2.45) is 18.7 Å². The number of nitrogens with one attached hydrogen (secondary N) is 1. The Labute approximate surface area is 87.4 Å². The molecule has 0 spiro atoms. The Balaban J connectivity index is 1.97. The maximum Gasteiger partial charge on any atom is 0.232 e. The molecule has 2 rings (SSSR count). The molecule has 0 bridgehead atoms. The van der Waals surface area contributed by atoms with Crippen LogP contribution in [0.15, 0.2) is 12.3 Å². The van der Waals surface area contributed by atoms with Gasteiger partial charge in [0.2, 0.25) is 5.91 Å². The molecule has 0 aromatic carbocycles. The first-order chi connectivity index (χ1) is 7.16. The van der Waals surface area contributed by atoms with Crippen LogP contribution in [0.4, 0.5) is 5.82 Å². The summed E-state index contributed by atoms with van der Waals surface area (Å²) in [7, 11) is 1.79. The molecule has 6 heteroatoms. The number of rotatable bonds is 2. The quantitative estimate of drug-likeness (QED) is 0.678. The molecule has 1 amide bonds. The van der Waals surface area contributed by atoms with Gasteiger partial charge < -0.3 is 15.8 Å². The van der Waals surface area contributed by atoms with Gasteiger partial charge in [0.05, 0.1) is 19.1 Å². The fourth-order valence-corrected chi connectivity index (χ4v) is 1.54. The standard InChI is InChI=1S/C9H14N4O2/c1-13-3-2-8(12-13)11-9(14)6-4-15-5-7(6)10/h2-3,6-7H,4-5,10H2,1H3,(H,11,12,14). The van der Waals surface area contributed by atoms with Crippen LogP contribution in [0.3, 0.4) is 0 Å². The van der Waals surface area contributed by atoms with Crippen LogP contribution >= 0.6 is 0 Å². The molecule has 3 N–H and O–H groups in total. The Kier molecular flexibility index (Phi) is 2.70. The van der Waals surface area contributed by atoms with Crippen molar-refractivity contribution in [1.82, 2.24) is 9.78 Å². The molecule has 0 radical (unpaired) electrons. The molecule has 2 unspecified atom stereocenters. The molecule has 15 heavy (non-hydrogen) atoms. The highest BCUT2D eigenvalue weighted by molar-refractivity contribution is 5.92. The van der Waals surface area contributed by atoms with Gasteiger partial charge in [-0.2, -0.15) is 5.10 Å². The van der Waals surface area contributed by atoms with Gasteiger partial charge in [-0.15, -0.1) is 0 Å². The lowest BCUT2D eigenvalue weighted by molar-refractivity contribution is -0.120. The summed E-state index contributed by atoms with van der Waals surface area (Å²) >= 11 is 0. The minimum absolute atomic E-state index is 0.126. The van der Waals surface area contributed by atoms with E-state index in [4.69, 9.17) is 10.5 Å². The second-order valence-corrected chi connectivity index (χ2v) is 3.67. The molecule has 1 aromatic rings. The van der Waals surface area contributed by atoms with E-state index in [0.717, 1.165) is 0 Å². The molecule has 1 aliphatic heterocycles. The minimum atomic E-state index is -0.271. The minimum Gasteiger partial charge on any atom is -0.379 e. The number of amides is 1. The van der Waals surface area contributed by atoms with E-state index < -0.39 is 0 Å². The molecule has 2 heterocycles. The Morgan fingerprint density at radius 3 is 3.07 bits per heavy atom. The first-order valence-electron chi connectivity index (χ1n) is 4.80. The van der Waals surface area contributed by atoms with Gasteiger partial charge in [0, 0.05) is 25.4 Å². The first-order valence-corrected chi connectivity index (χ1v) is 4.80. The average Bonchev–Trinajstić information content (AvgIpc) is 2.75. The predicted molar refractivity (Wildman–Crippen MR) is 54.1 cm³/mol. The summed E-state index contributed by atoms with van der Waals surface area (Å²) in [5, 5.41) is 6.75. The monoisotopic (exact) mass is 210 g/mol. The van der Waals surface area contributed by atoms with Crippen LogP contribution in [0.2, 0.25) is 0 Å². The lowest BCUT2D eigenvalue weighted by Crippen LogP contribution is -2.37. The van der Waals surface area contributed by atoms with Gasteiger partial charge in [-0.3, -0.25) is 9.48 Å². The Morgan fingerprint density at radius 1 is 1.73 bits per heavy atom. The van der Waals surface area contributed by atoms with Crippen molar-refractivity contribution in [2.45, 2.75) is 6.04 Å². The van der Waals surface area contributed by atoms with Gasteiger partial charge in [0.25, 0.3) is 0 Å². The van der Waals surface area contributed by atoms with Crippen molar-refractivity contribution in [1.29, 1.82) is 0 Å². The van der Waals surface area contributed by atoms with Gasteiger partial charge in [-0.25, -0.2) is 0 Å². The topological polar surface area (TPSA) is 82.2 Å². The molecule has 1 aliphatic rings. The van der Waals surface area contributed by atoms with Crippen molar-refractivity contribution in [3.8, 4) is 0 Å². The number of aryl methyl sites for hydroxylation is 1. The molecule has 0 saturated carbocycles. The fourth-order valence-electron chi connectivity index (χ4n) is 1.54. The van der Waals surface area contributed by atoms with E-state index in [9.17, 15) is 4.79 Å². The molecule has 1 fully saturated rings. The van der Waals surface area contributed by atoms with Gasteiger partial charge in [-0.05, 0) is 0 Å². The number of carbonyl (C=O) groups is 1. The van der Waals surface area contributed by atoms with E-state index in [1.807, 2.05) is 0 Å². The highest BCUT2D eigenvalue weighted by Gasteiger charge is 2.31. The number of nitrogens with two attached hydrogens (primary N) is 1. The van der Waals surface area contributed by atoms with Crippen molar-refractivity contribution >= 4 is 11.7 Å². The highest BCUT2D eigenvalue weighted by Crippen LogP contribution is 2.14. The number of anilines is 1. The van der Waals surface area contributed by atoms with Crippen LogP contribution < -0.4 is 11.1 Å². The Morgan fingerprint density at radius 2 is 2.53 bits per heavy atom. The summed E-state index contributed by atoms with van der Waals surface area (Å²) in [4.78, 5) is 11.7. The number of hydrogen-bond donors (Lipinski definition) is 2. The molecule has 1 saturated heterocycles. The maximum atomic E-state index is 11.7. The average molecular weight is 210 g/mol. The zero-order chi connectivity index (χ0) is 10.8. The van der Waals surface area contributed by atoms with E-state index in [-0.39, 0.29) is 17.9 Å². The first kappa shape index (κ1) is 10.1. The number of ether oxygens (including phenoxy) is 1. The Bertz CT molecular complexity index is 363. The van der Waals surface area contributed by atoms with Crippen molar-refractivity contribution in [3.63, 3.8) is 0 Å². The third kappa shape index (κ3) is 2.16. The summed E-state index contributed by atoms with van der Waals surface area (Å²) in [6.07, 6.45) is 1.76. The molecule has 1 aromatic heterocycles.